The lowest BCUT2D eigenvalue weighted by molar-refractivity contribution is -0.0943. The number of rotatable bonds is 1. The molecule has 1 aromatic heterocycles. The molecule has 0 amide bonds. The molecule has 2 aliphatic rings. The molecule has 0 aliphatic carbocycles. The molecule has 18 heavy (non-hydrogen) atoms. The van der Waals surface area contributed by atoms with Crippen molar-refractivity contribution in [3.05, 3.63) is 16.3 Å². The lowest BCUT2D eigenvalue weighted by Crippen LogP contribution is -2.53. The highest BCUT2D eigenvalue weighted by Crippen LogP contribution is 2.46. The largest absolute Gasteiger partial charge is 0.484 e. The Morgan fingerprint density at radius 1 is 1.33 bits per heavy atom. The van der Waals surface area contributed by atoms with Crippen molar-refractivity contribution in [3.63, 3.8) is 0 Å². The first-order chi connectivity index (χ1) is 8.59. The number of aliphatic hydroxyl groups excluding tert-OH is 1. The summed E-state index contributed by atoms with van der Waals surface area (Å²) in [6.07, 6.45) is 3.34. The van der Waals surface area contributed by atoms with E-state index in [1.54, 1.807) is 11.3 Å². The monoisotopic (exact) mass is 267 g/mol. The van der Waals surface area contributed by atoms with E-state index in [0.717, 1.165) is 18.8 Å². The van der Waals surface area contributed by atoms with Crippen LogP contribution in [0.15, 0.2) is 11.4 Å². The Hall–Kier alpha value is -0.580. The van der Waals surface area contributed by atoms with Crippen LogP contribution in [-0.2, 0) is 0 Å². The summed E-state index contributed by atoms with van der Waals surface area (Å²) in [4.78, 5) is 3.64. The summed E-state index contributed by atoms with van der Waals surface area (Å²) in [5, 5.41) is 12.7. The van der Waals surface area contributed by atoms with Gasteiger partial charge in [0.1, 0.15) is 17.5 Å². The van der Waals surface area contributed by atoms with E-state index in [0.29, 0.717) is 0 Å². The molecule has 4 heteroatoms. The van der Waals surface area contributed by atoms with E-state index in [2.05, 4.69) is 10.3 Å². The Kier molecular flexibility index (Phi) is 3.12. The molecule has 3 nitrogen and oxygen atoms in total. The zero-order valence-corrected chi connectivity index (χ0v) is 11.9. The summed E-state index contributed by atoms with van der Waals surface area (Å²) in [7, 11) is 0. The molecule has 3 rings (SSSR count). The normalized spacial score (nSPS) is 31.7. The molecule has 0 unspecified atom stereocenters. The standard InChI is InChI=1S/C14H21NO2S/c1-14(2)13(16)11(15-7-4-3-5-8-15)12-10(17-14)6-9-18-12/h6,9,11,13,16H,3-5,7-8H2,1-2H3/t11-,13+/m1/s1. The molecule has 2 aliphatic heterocycles. The van der Waals surface area contributed by atoms with E-state index < -0.39 is 11.7 Å². The number of nitrogens with zero attached hydrogens (tertiary/aromatic N) is 1. The van der Waals surface area contributed by atoms with Gasteiger partial charge in [0.05, 0.1) is 10.9 Å². The molecule has 0 saturated carbocycles. The number of aliphatic hydroxyl groups is 1. The SMILES string of the molecule is CC1(C)Oc2ccsc2[C@@H](N2CCCCC2)[C@@H]1O. The smallest absolute Gasteiger partial charge is 0.135 e. The van der Waals surface area contributed by atoms with Crippen molar-refractivity contribution in [2.24, 2.45) is 0 Å². The van der Waals surface area contributed by atoms with Crippen molar-refractivity contribution < 1.29 is 9.84 Å². The molecule has 3 heterocycles. The number of fused-ring (bicyclic) bond motifs is 1. The fourth-order valence-electron chi connectivity index (χ4n) is 3.04. The molecule has 0 aromatic carbocycles. The summed E-state index contributed by atoms with van der Waals surface area (Å²) in [5.74, 6) is 0.964. The van der Waals surface area contributed by atoms with E-state index >= 15 is 0 Å². The number of thiophene rings is 1. The maximum atomic E-state index is 10.7. The van der Waals surface area contributed by atoms with Crippen LogP contribution in [0.25, 0.3) is 0 Å². The minimum atomic E-state index is -0.504. The van der Waals surface area contributed by atoms with Crippen LogP contribution in [0.4, 0.5) is 0 Å². The van der Waals surface area contributed by atoms with Crippen LogP contribution in [0.3, 0.4) is 0 Å². The summed E-state index contributed by atoms with van der Waals surface area (Å²) in [6.45, 7) is 6.15. The second-order valence-corrected chi connectivity index (χ2v) is 6.79. The van der Waals surface area contributed by atoms with Gasteiger partial charge in [-0.3, -0.25) is 4.90 Å². The van der Waals surface area contributed by atoms with E-state index in [1.165, 1.54) is 24.1 Å². The van der Waals surface area contributed by atoms with Crippen LogP contribution in [0.2, 0.25) is 0 Å². The predicted octanol–water partition coefficient (Wildman–Crippen LogP) is 2.81. The average molecular weight is 267 g/mol. The third-order valence-electron chi connectivity index (χ3n) is 4.09. The van der Waals surface area contributed by atoms with Crippen molar-refractivity contribution in [2.45, 2.75) is 50.9 Å². The molecule has 1 aromatic rings. The molecule has 1 N–H and O–H groups in total. The second kappa shape index (κ2) is 4.51. The Bertz CT molecular complexity index is 423. The highest BCUT2D eigenvalue weighted by molar-refractivity contribution is 7.10. The van der Waals surface area contributed by atoms with Crippen LogP contribution in [0, 0.1) is 0 Å². The van der Waals surface area contributed by atoms with Crippen LogP contribution in [0.1, 0.15) is 44.0 Å². The fourth-order valence-corrected chi connectivity index (χ4v) is 4.02. The molecule has 1 fully saturated rings. The molecule has 0 spiro atoms. The predicted molar refractivity (Wildman–Crippen MR) is 73.2 cm³/mol. The maximum Gasteiger partial charge on any atom is 0.135 e. The Morgan fingerprint density at radius 2 is 2.06 bits per heavy atom. The molecular weight excluding hydrogens is 246 g/mol. The zero-order valence-electron chi connectivity index (χ0n) is 11.1. The molecule has 0 radical (unpaired) electrons. The van der Waals surface area contributed by atoms with Crippen molar-refractivity contribution in [2.75, 3.05) is 13.1 Å². The van der Waals surface area contributed by atoms with Gasteiger partial charge in [0.25, 0.3) is 0 Å². The Balaban J connectivity index is 1.96. The van der Waals surface area contributed by atoms with Gasteiger partial charge in [-0.25, -0.2) is 0 Å². The molecular formula is C14H21NO2S. The van der Waals surface area contributed by atoms with Crippen molar-refractivity contribution >= 4 is 11.3 Å². The molecule has 0 bridgehead atoms. The number of ether oxygens (including phenoxy) is 1. The molecule has 1 saturated heterocycles. The highest BCUT2D eigenvalue weighted by Gasteiger charge is 2.46. The third-order valence-corrected chi connectivity index (χ3v) is 5.06. The summed E-state index contributed by atoms with van der Waals surface area (Å²) >= 11 is 1.70. The minimum Gasteiger partial charge on any atom is -0.484 e. The van der Waals surface area contributed by atoms with E-state index in [9.17, 15) is 5.11 Å². The van der Waals surface area contributed by atoms with Gasteiger partial charge in [-0.15, -0.1) is 11.3 Å². The van der Waals surface area contributed by atoms with Gasteiger partial charge in [-0.2, -0.15) is 0 Å². The zero-order chi connectivity index (χ0) is 12.8. The average Bonchev–Trinajstić information content (AvgIpc) is 2.78. The first-order valence-corrected chi connectivity index (χ1v) is 7.66. The molecule has 100 valence electrons. The van der Waals surface area contributed by atoms with Crippen molar-refractivity contribution in [1.82, 2.24) is 4.90 Å². The van der Waals surface area contributed by atoms with E-state index in [-0.39, 0.29) is 6.04 Å². The first-order valence-electron chi connectivity index (χ1n) is 6.78. The fraction of sp³-hybridized carbons (Fsp3) is 0.714. The lowest BCUT2D eigenvalue weighted by Gasteiger charge is -2.46. The highest BCUT2D eigenvalue weighted by atomic mass is 32.1. The summed E-state index contributed by atoms with van der Waals surface area (Å²) in [6, 6.07) is 2.15. The van der Waals surface area contributed by atoms with Crippen molar-refractivity contribution in [1.29, 1.82) is 0 Å². The number of likely N-dealkylation sites (tertiary alicyclic amines) is 1. The van der Waals surface area contributed by atoms with Crippen LogP contribution >= 0.6 is 11.3 Å². The minimum absolute atomic E-state index is 0.115. The van der Waals surface area contributed by atoms with Gasteiger partial charge in [0, 0.05) is 0 Å². The Morgan fingerprint density at radius 3 is 2.78 bits per heavy atom. The van der Waals surface area contributed by atoms with E-state index in [1.807, 2.05) is 19.9 Å². The van der Waals surface area contributed by atoms with E-state index in [4.69, 9.17) is 4.74 Å². The second-order valence-electron chi connectivity index (χ2n) is 5.84. The quantitative estimate of drug-likeness (QED) is 0.849. The van der Waals surface area contributed by atoms with Gasteiger partial charge >= 0.3 is 0 Å². The van der Waals surface area contributed by atoms with Gasteiger partial charge < -0.3 is 9.84 Å². The maximum absolute atomic E-state index is 10.7. The van der Waals surface area contributed by atoms with Crippen molar-refractivity contribution in [3.8, 4) is 5.75 Å². The van der Waals surface area contributed by atoms with Gasteiger partial charge in [0.15, 0.2) is 0 Å². The van der Waals surface area contributed by atoms with Crippen LogP contribution in [-0.4, -0.2) is 34.8 Å². The number of hydrogen-bond donors (Lipinski definition) is 1. The van der Waals surface area contributed by atoms with Gasteiger partial charge in [-0.05, 0) is 51.2 Å². The van der Waals surface area contributed by atoms with Crippen LogP contribution < -0.4 is 4.74 Å². The number of piperidine rings is 1. The summed E-state index contributed by atoms with van der Waals surface area (Å²) in [5.41, 5.74) is -0.504. The van der Waals surface area contributed by atoms with Gasteiger partial charge in [-0.1, -0.05) is 6.42 Å². The summed E-state index contributed by atoms with van der Waals surface area (Å²) < 4.78 is 5.93. The Labute approximate surface area is 112 Å². The third kappa shape index (κ3) is 1.96. The van der Waals surface area contributed by atoms with Gasteiger partial charge in [0.2, 0.25) is 0 Å². The van der Waals surface area contributed by atoms with Crippen LogP contribution in [0.5, 0.6) is 5.75 Å². The topological polar surface area (TPSA) is 32.7 Å². The lowest BCUT2D eigenvalue weighted by atomic mass is 9.89. The number of hydrogen-bond acceptors (Lipinski definition) is 4. The molecule has 2 atom stereocenters. The first kappa shape index (κ1) is 12.5.